The Hall–Kier alpha value is -2.56. The third-order valence-electron chi connectivity index (χ3n) is 3.85. The average Bonchev–Trinajstić information content (AvgIpc) is 3.08. The number of nitrogens with one attached hydrogen (secondary N) is 1. The Labute approximate surface area is 130 Å². The molecule has 2 aromatic rings. The summed E-state index contributed by atoms with van der Waals surface area (Å²) in [6.07, 6.45) is -0.259. The van der Waals surface area contributed by atoms with Crippen LogP contribution in [-0.4, -0.2) is 26.8 Å². The van der Waals surface area contributed by atoms with Gasteiger partial charge in [-0.25, -0.2) is 9.97 Å². The van der Waals surface area contributed by atoms with Crippen LogP contribution in [0.2, 0.25) is 0 Å². The number of alkyl halides is 3. The molecule has 0 spiro atoms. The average molecular weight is 321 g/mol. The summed E-state index contributed by atoms with van der Waals surface area (Å²) in [5, 5.41) is 11.8. The Morgan fingerprint density at radius 2 is 2.26 bits per heavy atom. The van der Waals surface area contributed by atoms with Crippen molar-refractivity contribution in [2.24, 2.45) is 0 Å². The summed E-state index contributed by atoms with van der Waals surface area (Å²) >= 11 is 0. The molecule has 1 aliphatic rings. The molecule has 2 aromatic heterocycles. The highest BCUT2D eigenvalue weighted by atomic mass is 19.4. The molecule has 23 heavy (non-hydrogen) atoms. The van der Waals surface area contributed by atoms with Crippen LogP contribution in [0.1, 0.15) is 24.9 Å². The molecule has 120 valence electrons. The first-order valence-corrected chi connectivity index (χ1v) is 7.12. The Kier molecular flexibility index (Phi) is 3.72. The lowest BCUT2D eigenvalue weighted by Crippen LogP contribution is -2.25. The third kappa shape index (κ3) is 2.86. The highest BCUT2D eigenvalue weighted by molar-refractivity contribution is 5.70. The summed E-state index contributed by atoms with van der Waals surface area (Å²) < 4.78 is 40.2. The number of nitrogens with zero attached hydrogens (tertiary/aromatic N) is 4. The number of hydrogen-bond acceptors (Lipinski definition) is 4. The maximum atomic E-state index is 13.1. The van der Waals surface area contributed by atoms with Gasteiger partial charge in [0.15, 0.2) is 0 Å². The molecule has 2 atom stereocenters. The first-order valence-electron chi connectivity index (χ1n) is 7.12. The molecule has 3 rings (SSSR count). The molecule has 0 amide bonds. The maximum absolute atomic E-state index is 13.1. The van der Waals surface area contributed by atoms with E-state index in [0.29, 0.717) is 11.3 Å². The molecule has 0 radical (unpaired) electrons. The fourth-order valence-corrected chi connectivity index (χ4v) is 2.79. The zero-order valence-electron chi connectivity index (χ0n) is 12.3. The number of rotatable bonds is 3. The van der Waals surface area contributed by atoms with Gasteiger partial charge in [-0.2, -0.15) is 18.4 Å². The number of fused-ring (bicyclic) bond motifs is 1. The van der Waals surface area contributed by atoms with E-state index in [1.54, 1.807) is 12.1 Å². The lowest BCUT2D eigenvalue weighted by atomic mass is 10.1. The van der Waals surface area contributed by atoms with Crippen LogP contribution in [-0.2, 0) is 6.42 Å². The highest BCUT2D eigenvalue weighted by Gasteiger charge is 2.40. The van der Waals surface area contributed by atoms with Gasteiger partial charge >= 0.3 is 6.18 Å². The summed E-state index contributed by atoms with van der Waals surface area (Å²) in [5.74, 6) is 0.722. The van der Waals surface area contributed by atoms with Gasteiger partial charge in [-0.05, 0) is 19.4 Å². The third-order valence-corrected chi connectivity index (χ3v) is 3.85. The van der Waals surface area contributed by atoms with Crippen molar-refractivity contribution in [3.8, 4) is 17.3 Å². The van der Waals surface area contributed by atoms with Crippen molar-refractivity contribution in [3.05, 3.63) is 30.4 Å². The van der Waals surface area contributed by atoms with Gasteiger partial charge in [-0.15, -0.1) is 0 Å². The second-order valence-electron chi connectivity index (χ2n) is 5.57. The maximum Gasteiger partial charge on any atom is 0.410 e. The number of halogens is 3. The molecule has 0 saturated heterocycles. The zero-order chi connectivity index (χ0) is 16.6. The summed E-state index contributed by atoms with van der Waals surface area (Å²) in [6.45, 7) is 2.00. The van der Waals surface area contributed by atoms with Gasteiger partial charge < -0.3 is 9.88 Å². The van der Waals surface area contributed by atoms with Crippen LogP contribution in [0.15, 0.2) is 24.8 Å². The highest BCUT2D eigenvalue weighted by Crippen LogP contribution is 2.36. The molecule has 0 aliphatic carbocycles. The second kappa shape index (κ2) is 5.57. The normalized spacial score (nSPS) is 18.1. The molecule has 0 fully saturated rings. The van der Waals surface area contributed by atoms with Gasteiger partial charge in [0, 0.05) is 29.6 Å². The van der Waals surface area contributed by atoms with Crippen molar-refractivity contribution >= 4 is 5.82 Å². The molecular formula is C15H14F3N5. The first-order chi connectivity index (χ1) is 10.9. The number of aromatic nitrogens is 3. The fraction of sp³-hybridized carbons (Fsp3) is 0.400. The van der Waals surface area contributed by atoms with Gasteiger partial charge in [0.25, 0.3) is 0 Å². The van der Waals surface area contributed by atoms with Crippen LogP contribution >= 0.6 is 0 Å². The Morgan fingerprint density at radius 1 is 1.48 bits per heavy atom. The first kappa shape index (κ1) is 15.3. The lowest BCUT2D eigenvalue weighted by Gasteiger charge is -2.19. The summed E-state index contributed by atoms with van der Waals surface area (Å²) in [7, 11) is 0. The van der Waals surface area contributed by atoms with Gasteiger partial charge in [0.1, 0.15) is 18.2 Å². The van der Waals surface area contributed by atoms with Crippen LogP contribution in [0.25, 0.3) is 11.3 Å². The molecule has 1 N–H and O–H groups in total. The summed E-state index contributed by atoms with van der Waals surface area (Å²) in [5.41, 5.74) is 2.12. The van der Waals surface area contributed by atoms with Crippen LogP contribution in [0.4, 0.5) is 19.0 Å². The van der Waals surface area contributed by atoms with E-state index in [4.69, 9.17) is 5.26 Å². The predicted molar refractivity (Wildman–Crippen MR) is 77.6 cm³/mol. The molecule has 0 saturated carbocycles. The molecule has 3 heterocycles. The van der Waals surface area contributed by atoms with E-state index >= 15 is 0 Å². The monoisotopic (exact) mass is 321 g/mol. The number of hydrogen-bond donors (Lipinski definition) is 1. The van der Waals surface area contributed by atoms with E-state index in [0.717, 1.165) is 22.4 Å². The largest absolute Gasteiger partial charge is 0.410 e. The Morgan fingerprint density at radius 3 is 2.96 bits per heavy atom. The summed E-state index contributed by atoms with van der Waals surface area (Å²) in [6, 6.07) is 1.54. The minimum Gasteiger partial charge on any atom is -0.367 e. The number of nitriles is 1. The molecule has 8 heteroatoms. The van der Waals surface area contributed by atoms with Crippen LogP contribution in [0.3, 0.4) is 0 Å². The SMILES string of the molecule is C[C@H]1Cc2c(ncnc2-c2ccn([C@H](CC#N)C(F)(F)F)c2)N1. The molecule has 0 unspecified atom stereocenters. The standard InChI is InChI=1S/C15H14F3N5/c1-9-6-11-13(20-8-21-14(11)22-9)10-3-5-23(7-10)12(2-4-19)15(16,17)18/h3,5,7-9,12H,2,6H2,1H3,(H,20,21,22)/t9-,12+/m0/s1. The topological polar surface area (TPSA) is 66.5 Å². The minimum absolute atomic E-state index is 0.212. The Balaban J connectivity index is 1.98. The van der Waals surface area contributed by atoms with Gasteiger partial charge in [0.05, 0.1) is 18.2 Å². The summed E-state index contributed by atoms with van der Waals surface area (Å²) in [4.78, 5) is 8.38. The molecule has 0 aromatic carbocycles. The van der Waals surface area contributed by atoms with E-state index in [2.05, 4.69) is 15.3 Å². The molecular weight excluding hydrogens is 307 g/mol. The quantitative estimate of drug-likeness (QED) is 0.942. The zero-order valence-corrected chi connectivity index (χ0v) is 12.3. The van der Waals surface area contributed by atoms with Crippen molar-refractivity contribution in [1.29, 1.82) is 5.26 Å². The van der Waals surface area contributed by atoms with Gasteiger partial charge in [0.2, 0.25) is 0 Å². The predicted octanol–water partition coefficient (Wildman–Crippen LogP) is 3.32. The van der Waals surface area contributed by atoms with E-state index in [1.807, 2.05) is 6.92 Å². The molecule has 1 aliphatic heterocycles. The Bertz CT molecular complexity index is 759. The van der Waals surface area contributed by atoms with Gasteiger partial charge in [-0.3, -0.25) is 0 Å². The molecule has 5 nitrogen and oxygen atoms in total. The van der Waals surface area contributed by atoms with Crippen LogP contribution < -0.4 is 5.32 Å². The number of anilines is 1. The van der Waals surface area contributed by atoms with Crippen molar-refractivity contribution in [2.75, 3.05) is 5.32 Å². The van der Waals surface area contributed by atoms with Crippen molar-refractivity contribution < 1.29 is 13.2 Å². The van der Waals surface area contributed by atoms with E-state index in [1.165, 1.54) is 18.7 Å². The minimum atomic E-state index is -4.48. The lowest BCUT2D eigenvalue weighted by molar-refractivity contribution is -0.166. The van der Waals surface area contributed by atoms with E-state index < -0.39 is 18.6 Å². The smallest absolute Gasteiger partial charge is 0.367 e. The molecule has 0 bridgehead atoms. The van der Waals surface area contributed by atoms with E-state index in [-0.39, 0.29) is 6.04 Å². The van der Waals surface area contributed by atoms with Gasteiger partial charge in [-0.1, -0.05) is 0 Å². The van der Waals surface area contributed by atoms with Crippen molar-refractivity contribution in [1.82, 2.24) is 14.5 Å². The fourth-order valence-electron chi connectivity index (χ4n) is 2.79. The van der Waals surface area contributed by atoms with Crippen LogP contribution in [0, 0.1) is 11.3 Å². The second-order valence-corrected chi connectivity index (χ2v) is 5.57. The van der Waals surface area contributed by atoms with E-state index in [9.17, 15) is 13.2 Å². The van der Waals surface area contributed by atoms with Crippen molar-refractivity contribution in [3.63, 3.8) is 0 Å². The van der Waals surface area contributed by atoms with Crippen LogP contribution in [0.5, 0.6) is 0 Å². The van der Waals surface area contributed by atoms with Crippen molar-refractivity contribution in [2.45, 2.75) is 38.0 Å².